The van der Waals surface area contributed by atoms with E-state index in [-0.39, 0.29) is 47.7 Å². The van der Waals surface area contributed by atoms with Crippen molar-refractivity contribution in [2.75, 3.05) is 27.2 Å². The molecule has 0 saturated carbocycles. The van der Waals surface area contributed by atoms with Gasteiger partial charge in [0.25, 0.3) is 5.91 Å². The Morgan fingerprint density at radius 3 is 2.32 bits per heavy atom. The minimum absolute atomic E-state index is 0.0658. The van der Waals surface area contributed by atoms with Gasteiger partial charge in [0.15, 0.2) is 0 Å². The lowest BCUT2D eigenvalue weighted by atomic mass is 9.91. The zero-order chi connectivity index (χ0) is 37.2. The molecule has 50 heavy (non-hydrogen) atoms. The maximum absolute atomic E-state index is 14.2. The Labute approximate surface area is 302 Å². The molecule has 3 amide bonds. The highest BCUT2D eigenvalue weighted by molar-refractivity contribution is 7.09. The number of likely N-dealkylation sites (tertiary alicyclic amines) is 1. The molecule has 1 aliphatic heterocycles. The second-order valence-electron chi connectivity index (χ2n) is 14.5. The summed E-state index contributed by atoms with van der Waals surface area (Å²) in [6.07, 6.45) is 3.18. The van der Waals surface area contributed by atoms with E-state index in [4.69, 9.17) is 9.72 Å². The summed E-state index contributed by atoms with van der Waals surface area (Å²) < 4.78 is 6.19. The summed E-state index contributed by atoms with van der Waals surface area (Å²) in [7, 11) is 3.75. The van der Waals surface area contributed by atoms with Gasteiger partial charge in [0.2, 0.25) is 11.8 Å². The van der Waals surface area contributed by atoms with E-state index in [1.807, 2.05) is 65.1 Å². The van der Waals surface area contributed by atoms with E-state index in [9.17, 15) is 24.3 Å². The van der Waals surface area contributed by atoms with Gasteiger partial charge in [-0.2, -0.15) is 0 Å². The smallest absolute Gasteiger partial charge is 0.306 e. The number of hydrogen-bond donors (Lipinski definition) is 3. The molecule has 1 unspecified atom stereocenters. The number of thiazole rings is 1. The average Bonchev–Trinajstić information content (AvgIpc) is 3.71. The molecular formula is C38H59N5O6S. The molecule has 1 aromatic carbocycles. The number of carbonyl (C=O) groups excluding carboxylic acids is 3. The third kappa shape index (κ3) is 10.6. The first-order valence-electron chi connectivity index (χ1n) is 18.1. The maximum Gasteiger partial charge on any atom is 0.306 e. The van der Waals surface area contributed by atoms with Crippen LogP contribution in [0.15, 0.2) is 35.7 Å². The van der Waals surface area contributed by atoms with E-state index < -0.39 is 35.6 Å². The van der Waals surface area contributed by atoms with Gasteiger partial charge >= 0.3 is 5.97 Å². The van der Waals surface area contributed by atoms with Gasteiger partial charge in [-0.25, -0.2) is 4.98 Å². The van der Waals surface area contributed by atoms with Crippen molar-refractivity contribution in [2.45, 2.75) is 117 Å². The normalized spacial score (nSPS) is 20.0. The van der Waals surface area contributed by atoms with Gasteiger partial charge < -0.3 is 25.4 Å². The minimum atomic E-state index is -0.912. The Morgan fingerprint density at radius 2 is 1.76 bits per heavy atom. The quantitative estimate of drug-likeness (QED) is 0.172. The SMILES string of the molecule is CCO[C@H](C[C@H](C(C)C)N(C)C(=O)[C@@H](NC(=O)C1(C)CCCN1C)[C@@H](C)CC)c1nc(C(=O)N[C@@H](Cc2ccccc2)C[C@H](C)C(=O)O)cs1. The summed E-state index contributed by atoms with van der Waals surface area (Å²) in [5.41, 5.74) is 0.595. The third-order valence-corrected chi connectivity index (χ3v) is 11.4. The van der Waals surface area contributed by atoms with Crippen LogP contribution in [0.1, 0.15) is 108 Å². The number of hydrogen-bond acceptors (Lipinski definition) is 8. The van der Waals surface area contributed by atoms with Gasteiger partial charge in [0.05, 0.1) is 11.5 Å². The van der Waals surface area contributed by atoms with Crippen molar-refractivity contribution in [1.29, 1.82) is 0 Å². The van der Waals surface area contributed by atoms with Crippen LogP contribution in [0.2, 0.25) is 0 Å². The highest BCUT2D eigenvalue weighted by Gasteiger charge is 2.44. The Morgan fingerprint density at radius 1 is 1.08 bits per heavy atom. The zero-order valence-electron chi connectivity index (χ0n) is 31.4. The number of aliphatic carboxylic acids is 1. The number of carboxylic acid groups (broad SMARTS) is 1. The van der Waals surface area contributed by atoms with Crippen molar-refractivity contribution < 1.29 is 29.0 Å². The van der Waals surface area contributed by atoms with Crippen LogP contribution in [0.5, 0.6) is 0 Å². The van der Waals surface area contributed by atoms with Gasteiger partial charge in [0, 0.05) is 37.5 Å². The lowest BCUT2D eigenvalue weighted by molar-refractivity contribution is -0.142. The van der Waals surface area contributed by atoms with E-state index in [2.05, 4.69) is 29.4 Å². The lowest BCUT2D eigenvalue weighted by Crippen LogP contribution is -2.60. The first-order valence-corrected chi connectivity index (χ1v) is 18.9. The monoisotopic (exact) mass is 713 g/mol. The van der Waals surface area contributed by atoms with Gasteiger partial charge in [-0.05, 0) is 70.5 Å². The molecule has 0 radical (unpaired) electrons. The molecule has 2 heterocycles. The van der Waals surface area contributed by atoms with Crippen molar-refractivity contribution in [1.82, 2.24) is 25.4 Å². The number of carboxylic acids is 1. The van der Waals surface area contributed by atoms with Crippen LogP contribution in [0.25, 0.3) is 0 Å². The molecule has 12 heteroatoms. The number of amides is 3. The van der Waals surface area contributed by atoms with Crippen LogP contribution in [-0.4, -0.2) is 94.5 Å². The molecule has 0 spiro atoms. The van der Waals surface area contributed by atoms with Crippen LogP contribution in [0, 0.1) is 17.8 Å². The lowest BCUT2D eigenvalue weighted by Gasteiger charge is -2.38. The van der Waals surface area contributed by atoms with Crippen LogP contribution in [0.4, 0.5) is 0 Å². The number of ether oxygens (including phenoxy) is 1. The Bertz CT molecular complexity index is 1420. The van der Waals surface area contributed by atoms with E-state index >= 15 is 0 Å². The molecule has 1 fully saturated rings. The third-order valence-electron chi connectivity index (χ3n) is 10.4. The van der Waals surface area contributed by atoms with Crippen LogP contribution in [0.3, 0.4) is 0 Å². The summed E-state index contributed by atoms with van der Waals surface area (Å²) in [4.78, 5) is 61.4. The fourth-order valence-electron chi connectivity index (χ4n) is 6.70. The Hall–Kier alpha value is -3.35. The van der Waals surface area contributed by atoms with Gasteiger partial charge in [-0.3, -0.25) is 24.1 Å². The topological polar surface area (TPSA) is 141 Å². The first kappa shape index (κ1) is 41.1. The van der Waals surface area contributed by atoms with E-state index in [1.54, 1.807) is 24.3 Å². The summed E-state index contributed by atoms with van der Waals surface area (Å²) in [5.74, 6) is -2.17. The number of aromatic nitrogens is 1. The number of benzene rings is 1. The highest BCUT2D eigenvalue weighted by Crippen LogP contribution is 2.32. The van der Waals surface area contributed by atoms with Gasteiger partial charge in [-0.15, -0.1) is 11.3 Å². The fourth-order valence-corrected chi connectivity index (χ4v) is 7.56. The molecule has 2 aromatic rings. The van der Waals surface area contributed by atoms with E-state index in [0.29, 0.717) is 24.5 Å². The molecule has 1 saturated heterocycles. The molecule has 3 rings (SSSR count). The van der Waals surface area contributed by atoms with E-state index in [0.717, 1.165) is 31.4 Å². The highest BCUT2D eigenvalue weighted by atomic mass is 32.1. The molecule has 11 nitrogen and oxygen atoms in total. The number of rotatable bonds is 19. The minimum Gasteiger partial charge on any atom is -0.481 e. The molecule has 0 aliphatic carbocycles. The summed E-state index contributed by atoms with van der Waals surface area (Å²) in [6, 6.07) is 8.36. The van der Waals surface area contributed by atoms with Crippen molar-refractivity contribution >= 4 is 35.0 Å². The molecule has 278 valence electrons. The predicted octanol–water partition coefficient (Wildman–Crippen LogP) is 5.56. The fraction of sp³-hybridized carbons (Fsp3) is 0.658. The first-order chi connectivity index (χ1) is 23.6. The number of nitrogens with zero attached hydrogens (tertiary/aromatic N) is 3. The molecule has 1 aliphatic rings. The van der Waals surface area contributed by atoms with Crippen LogP contribution in [-0.2, 0) is 25.5 Å². The average molecular weight is 714 g/mol. The molecule has 7 atom stereocenters. The van der Waals surface area contributed by atoms with Crippen molar-refractivity contribution in [3.8, 4) is 0 Å². The van der Waals surface area contributed by atoms with Gasteiger partial charge in [-0.1, -0.05) is 71.4 Å². The largest absolute Gasteiger partial charge is 0.481 e. The zero-order valence-corrected chi connectivity index (χ0v) is 32.2. The second-order valence-corrected chi connectivity index (χ2v) is 15.4. The molecule has 0 bridgehead atoms. The summed E-state index contributed by atoms with van der Waals surface area (Å²) in [5, 5.41) is 18.0. The Balaban J connectivity index is 1.79. The maximum atomic E-state index is 14.2. The molecule has 1 aromatic heterocycles. The van der Waals surface area contributed by atoms with E-state index in [1.165, 1.54) is 11.3 Å². The van der Waals surface area contributed by atoms with Crippen LogP contribution >= 0.6 is 11.3 Å². The second kappa shape index (κ2) is 18.8. The summed E-state index contributed by atoms with van der Waals surface area (Å²) in [6.45, 7) is 14.9. The van der Waals surface area contributed by atoms with Gasteiger partial charge in [0.1, 0.15) is 22.8 Å². The van der Waals surface area contributed by atoms with Crippen molar-refractivity contribution in [3.63, 3.8) is 0 Å². The van der Waals surface area contributed by atoms with Crippen LogP contribution < -0.4 is 10.6 Å². The van der Waals surface area contributed by atoms with Crippen molar-refractivity contribution in [2.24, 2.45) is 17.8 Å². The standard InChI is InChI=1S/C38H59N5O6S/c1-10-25(5)32(41-37(48)38(7)18-15-19-42(38)8)35(45)43(9)30(24(3)4)22-31(49-11-2)34-40-29(23-50-34)33(44)39-28(20-26(6)36(46)47)21-27-16-13-12-14-17-27/h12-14,16-17,23-26,28,30-32H,10-11,15,18-22H2,1-9H3,(H,39,44)(H,41,48)(H,46,47)/t25-,26-,28+,30+,31+,32-,38?/m0/s1. The number of likely N-dealkylation sites (N-methyl/N-ethyl adjacent to an activating group) is 2. The molecular weight excluding hydrogens is 655 g/mol. The van der Waals surface area contributed by atoms with Crippen molar-refractivity contribution in [3.05, 3.63) is 52.0 Å². The molecule has 3 N–H and O–H groups in total. The number of carbonyl (C=O) groups is 4. The summed E-state index contributed by atoms with van der Waals surface area (Å²) >= 11 is 1.33. The number of nitrogens with one attached hydrogen (secondary N) is 2. The predicted molar refractivity (Wildman–Crippen MR) is 197 cm³/mol. The Kier molecular flexibility index (Phi) is 15.4.